The lowest BCUT2D eigenvalue weighted by Crippen LogP contribution is -2.35. The summed E-state index contributed by atoms with van der Waals surface area (Å²) < 4.78 is 10.3. The van der Waals surface area contributed by atoms with Crippen molar-refractivity contribution in [2.45, 2.75) is 18.4 Å². The van der Waals surface area contributed by atoms with Gasteiger partial charge in [0.1, 0.15) is 17.1 Å². The highest BCUT2D eigenvalue weighted by atomic mass is 16.5. The summed E-state index contributed by atoms with van der Waals surface area (Å²) in [4.78, 5) is 24.1. The minimum absolute atomic E-state index is 0.0376. The van der Waals surface area contributed by atoms with Gasteiger partial charge in [0.15, 0.2) is 0 Å². The molecule has 6 heteroatoms. The van der Waals surface area contributed by atoms with Gasteiger partial charge in [0.05, 0.1) is 25.3 Å². The number of benzene rings is 2. The maximum absolute atomic E-state index is 12.7. The van der Waals surface area contributed by atoms with Gasteiger partial charge < -0.3 is 19.9 Å². The van der Waals surface area contributed by atoms with E-state index in [4.69, 9.17) is 9.47 Å². The number of carbonyl (C=O) groups is 2. The fourth-order valence-corrected chi connectivity index (χ4v) is 2.91. The zero-order valence-corrected chi connectivity index (χ0v) is 14.0. The Bertz CT molecular complexity index is 809. The van der Waals surface area contributed by atoms with Crippen LogP contribution in [0.25, 0.3) is 0 Å². The number of aromatic carboxylic acids is 1. The van der Waals surface area contributed by atoms with Gasteiger partial charge in [0.2, 0.25) is 0 Å². The molecular weight excluding hydrogens is 322 g/mol. The molecule has 0 aliphatic heterocycles. The monoisotopic (exact) mass is 341 g/mol. The molecule has 2 aromatic carbocycles. The number of para-hydroxylation sites is 1. The average Bonchev–Trinajstić information content (AvgIpc) is 3.41. The molecule has 0 aromatic heterocycles. The highest BCUT2D eigenvalue weighted by Crippen LogP contribution is 2.46. The van der Waals surface area contributed by atoms with Crippen molar-refractivity contribution in [2.24, 2.45) is 0 Å². The Morgan fingerprint density at radius 3 is 2.16 bits per heavy atom. The SMILES string of the molecule is COc1ccc(C2(NC(=O)c3cccc(C(=O)O)c3OC)CC2)cc1. The zero-order valence-electron chi connectivity index (χ0n) is 14.0. The first-order valence-corrected chi connectivity index (χ1v) is 7.88. The van der Waals surface area contributed by atoms with Crippen molar-refractivity contribution in [3.63, 3.8) is 0 Å². The van der Waals surface area contributed by atoms with E-state index in [0.29, 0.717) is 0 Å². The number of hydrogen-bond acceptors (Lipinski definition) is 4. The third-order valence-corrected chi connectivity index (χ3v) is 4.44. The van der Waals surface area contributed by atoms with Gasteiger partial charge in [-0.3, -0.25) is 4.79 Å². The van der Waals surface area contributed by atoms with Crippen molar-refractivity contribution < 1.29 is 24.2 Å². The Morgan fingerprint density at radius 2 is 1.64 bits per heavy atom. The molecule has 1 amide bonds. The summed E-state index contributed by atoms with van der Waals surface area (Å²) in [6.07, 6.45) is 1.65. The van der Waals surface area contributed by atoms with Crippen molar-refractivity contribution >= 4 is 11.9 Å². The molecule has 1 aliphatic rings. The molecule has 1 fully saturated rings. The summed E-state index contributed by atoms with van der Waals surface area (Å²) in [6, 6.07) is 12.1. The molecule has 3 rings (SSSR count). The number of nitrogens with one attached hydrogen (secondary N) is 1. The normalized spacial score (nSPS) is 14.5. The van der Waals surface area contributed by atoms with E-state index >= 15 is 0 Å². The van der Waals surface area contributed by atoms with Crippen molar-refractivity contribution in [1.82, 2.24) is 5.32 Å². The number of carboxylic acids is 1. The summed E-state index contributed by atoms with van der Waals surface area (Å²) in [6.45, 7) is 0. The molecular formula is C19H19NO5. The van der Waals surface area contributed by atoms with Crippen LogP contribution in [0.5, 0.6) is 11.5 Å². The van der Waals surface area contributed by atoms with Crippen LogP contribution in [0.1, 0.15) is 39.1 Å². The van der Waals surface area contributed by atoms with Crippen LogP contribution in [0.4, 0.5) is 0 Å². The Labute approximate surface area is 145 Å². The van der Waals surface area contributed by atoms with Crippen LogP contribution >= 0.6 is 0 Å². The standard InChI is InChI=1S/C19H19NO5/c1-24-13-8-6-12(7-9-13)19(10-11-19)20-17(21)14-4-3-5-15(18(22)23)16(14)25-2/h3-9H,10-11H2,1-2H3,(H,20,21)(H,22,23). The van der Waals surface area contributed by atoms with E-state index in [1.54, 1.807) is 13.2 Å². The van der Waals surface area contributed by atoms with Gasteiger partial charge in [-0.05, 0) is 42.7 Å². The van der Waals surface area contributed by atoms with Crippen LogP contribution in [0.15, 0.2) is 42.5 Å². The molecule has 25 heavy (non-hydrogen) atoms. The number of hydrogen-bond donors (Lipinski definition) is 2. The first kappa shape index (κ1) is 16.8. The minimum atomic E-state index is -1.14. The van der Waals surface area contributed by atoms with E-state index in [1.165, 1.54) is 19.2 Å². The van der Waals surface area contributed by atoms with E-state index in [2.05, 4.69) is 5.32 Å². The second kappa shape index (κ2) is 6.47. The van der Waals surface area contributed by atoms with Crippen LogP contribution in [-0.2, 0) is 5.54 Å². The average molecular weight is 341 g/mol. The number of carbonyl (C=O) groups excluding carboxylic acids is 1. The number of amides is 1. The van der Waals surface area contributed by atoms with Gasteiger partial charge in [-0.2, -0.15) is 0 Å². The van der Waals surface area contributed by atoms with E-state index in [9.17, 15) is 14.7 Å². The summed E-state index contributed by atoms with van der Waals surface area (Å²) in [5.41, 5.74) is 0.745. The molecule has 1 aliphatic carbocycles. The van der Waals surface area contributed by atoms with Crippen LogP contribution in [-0.4, -0.2) is 31.2 Å². The maximum Gasteiger partial charge on any atom is 0.339 e. The van der Waals surface area contributed by atoms with Gasteiger partial charge >= 0.3 is 5.97 Å². The zero-order chi connectivity index (χ0) is 18.0. The van der Waals surface area contributed by atoms with Gasteiger partial charge in [-0.1, -0.05) is 18.2 Å². The van der Waals surface area contributed by atoms with E-state index < -0.39 is 11.5 Å². The molecule has 0 unspecified atom stereocenters. The molecule has 2 N–H and O–H groups in total. The first-order valence-electron chi connectivity index (χ1n) is 7.88. The maximum atomic E-state index is 12.7. The van der Waals surface area contributed by atoms with E-state index in [-0.39, 0.29) is 22.8 Å². The van der Waals surface area contributed by atoms with Crippen LogP contribution in [0, 0.1) is 0 Å². The first-order chi connectivity index (χ1) is 12.0. The molecule has 0 radical (unpaired) electrons. The smallest absolute Gasteiger partial charge is 0.339 e. The quantitative estimate of drug-likeness (QED) is 0.844. The third-order valence-electron chi connectivity index (χ3n) is 4.44. The molecule has 0 atom stereocenters. The van der Waals surface area contributed by atoms with Gasteiger partial charge in [0.25, 0.3) is 5.91 Å². The minimum Gasteiger partial charge on any atom is -0.497 e. The summed E-state index contributed by atoms with van der Waals surface area (Å²) in [5.74, 6) is -0.671. The fourth-order valence-electron chi connectivity index (χ4n) is 2.91. The highest BCUT2D eigenvalue weighted by molar-refractivity contribution is 6.02. The number of methoxy groups -OCH3 is 2. The molecule has 0 bridgehead atoms. The molecule has 130 valence electrons. The third kappa shape index (κ3) is 3.15. The van der Waals surface area contributed by atoms with Gasteiger partial charge in [-0.15, -0.1) is 0 Å². The Morgan fingerprint density at radius 1 is 1.00 bits per heavy atom. The van der Waals surface area contributed by atoms with Gasteiger partial charge in [0, 0.05) is 0 Å². The van der Waals surface area contributed by atoms with Crippen molar-refractivity contribution in [2.75, 3.05) is 14.2 Å². The van der Waals surface area contributed by atoms with Gasteiger partial charge in [-0.25, -0.2) is 4.79 Å². The molecule has 1 saturated carbocycles. The molecule has 0 heterocycles. The van der Waals surface area contributed by atoms with Crippen LogP contribution in [0.3, 0.4) is 0 Å². The molecule has 6 nitrogen and oxygen atoms in total. The lowest BCUT2D eigenvalue weighted by Gasteiger charge is -2.19. The second-order valence-corrected chi connectivity index (χ2v) is 5.96. The van der Waals surface area contributed by atoms with Crippen molar-refractivity contribution in [1.29, 1.82) is 0 Å². The fraction of sp³-hybridized carbons (Fsp3) is 0.263. The Hall–Kier alpha value is -3.02. The highest BCUT2D eigenvalue weighted by Gasteiger charge is 2.46. The van der Waals surface area contributed by atoms with Crippen molar-refractivity contribution in [3.05, 3.63) is 59.2 Å². The number of ether oxygens (including phenoxy) is 2. The Kier molecular flexibility index (Phi) is 4.35. The number of carboxylic acid groups (broad SMARTS) is 1. The lowest BCUT2D eigenvalue weighted by atomic mass is 10.0. The second-order valence-electron chi connectivity index (χ2n) is 5.96. The van der Waals surface area contributed by atoms with Crippen LogP contribution < -0.4 is 14.8 Å². The predicted molar refractivity (Wildman–Crippen MR) is 91.3 cm³/mol. The lowest BCUT2D eigenvalue weighted by molar-refractivity contribution is 0.0693. The predicted octanol–water partition coefficient (Wildman–Crippen LogP) is 2.82. The largest absolute Gasteiger partial charge is 0.497 e. The Balaban J connectivity index is 1.87. The molecule has 0 saturated heterocycles. The van der Waals surface area contributed by atoms with Crippen molar-refractivity contribution in [3.8, 4) is 11.5 Å². The summed E-state index contributed by atoms with van der Waals surface area (Å²) >= 11 is 0. The van der Waals surface area contributed by atoms with E-state index in [1.807, 2.05) is 24.3 Å². The summed E-state index contributed by atoms with van der Waals surface area (Å²) in [7, 11) is 2.96. The topological polar surface area (TPSA) is 84.9 Å². The number of rotatable bonds is 6. The van der Waals surface area contributed by atoms with Crippen LogP contribution in [0.2, 0.25) is 0 Å². The van der Waals surface area contributed by atoms with E-state index in [0.717, 1.165) is 24.2 Å². The summed E-state index contributed by atoms with van der Waals surface area (Å²) in [5, 5.41) is 12.3. The molecule has 0 spiro atoms. The molecule has 2 aromatic rings.